The molecule has 35 heavy (non-hydrogen) atoms. The van der Waals surface area contributed by atoms with E-state index in [2.05, 4.69) is 10.2 Å². The number of aromatic hydroxyl groups is 2. The van der Waals surface area contributed by atoms with Crippen molar-refractivity contribution in [1.82, 2.24) is 10.2 Å². The minimum atomic E-state index is 0.237. The van der Waals surface area contributed by atoms with Gasteiger partial charge in [0.1, 0.15) is 23.0 Å². The number of phenolic OH excluding ortho intramolecular Hbond substituents is 2. The summed E-state index contributed by atoms with van der Waals surface area (Å²) in [6.45, 7) is 1.88. The lowest BCUT2D eigenvalue weighted by Gasteiger charge is -2.10. The predicted molar refractivity (Wildman–Crippen MR) is 134 cm³/mol. The summed E-state index contributed by atoms with van der Waals surface area (Å²) < 4.78 is 11.8. The fourth-order valence-electron chi connectivity index (χ4n) is 3.57. The van der Waals surface area contributed by atoms with Gasteiger partial charge in [-0.05, 0) is 77.7 Å². The van der Waals surface area contributed by atoms with Crippen LogP contribution in [0.1, 0.15) is 5.56 Å². The molecule has 4 aromatic carbocycles. The zero-order chi connectivity index (χ0) is 24.2. The first-order valence-electron chi connectivity index (χ1n) is 11.0. The van der Waals surface area contributed by atoms with Gasteiger partial charge in [-0.1, -0.05) is 48.5 Å². The van der Waals surface area contributed by atoms with Gasteiger partial charge in [-0.2, -0.15) is 0 Å². The molecule has 0 amide bonds. The van der Waals surface area contributed by atoms with Crippen molar-refractivity contribution >= 4 is 0 Å². The van der Waals surface area contributed by atoms with Crippen molar-refractivity contribution in [2.45, 2.75) is 6.92 Å². The van der Waals surface area contributed by atoms with Crippen molar-refractivity contribution in [2.24, 2.45) is 0 Å². The number of ether oxygens (including phenoxy) is 2. The average Bonchev–Trinajstić information content (AvgIpc) is 2.88. The molecule has 2 N–H and O–H groups in total. The van der Waals surface area contributed by atoms with E-state index in [0.29, 0.717) is 23.3 Å². The van der Waals surface area contributed by atoms with Crippen molar-refractivity contribution < 1.29 is 19.7 Å². The molecule has 0 aliphatic rings. The molecule has 0 aliphatic heterocycles. The Labute approximate surface area is 202 Å². The molecule has 1 aromatic heterocycles. The molecule has 5 rings (SSSR count). The van der Waals surface area contributed by atoms with Crippen LogP contribution in [0, 0.1) is 6.92 Å². The third kappa shape index (κ3) is 5.23. The molecule has 0 atom stereocenters. The number of aromatic nitrogens is 2. The van der Waals surface area contributed by atoms with E-state index in [9.17, 15) is 10.2 Å². The van der Waals surface area contributed by atoms with Gasteiger partial charge in [0.05, 0.1) is 0 Å². The van der Waals surface area contributed by atoms with Crippen molar-refractivity contribution in [1.29, 1.82) is 0 Å². The summed E-state index contributed by atoms with van der Waals surface area (Å²) in [6.07, 6.45) is 0. The molecule has 6 heteroatoms. The number of hydrogen-bond donors (Lipinski definition) is 2. The number of benzene rings is 4. The topological polar surface area (TPSA) is 84.7 Å². The smallest absolute Gasteiger partial charge is 0.242 e. The van der Waals surface area contributed by atoms with Crippen molar-refractivity contribution in [3.05, 3.63) is 109 Å². The maximum Gasteiger partial charge on any atom is 0.242 e. The normalized spacial score (nSPS) is 10.7. The second-order valence-corrected chi connectivity index (χ2v) is 8.02. The molecule has 0 fully saturated rings. The quantitative estimate of drug-likeness (QED) is 0.280. The van der Waals surface area contributed by atoms with Crippen LogP contribution in [0.15, 0.2) is 103 Å². The number of phenols is 2. The monoisotopic (exact) mass is 462 g/mol. The first-order valence-corrected chi connectivity index (χ1v) is 11.0. The third-order valence-electron chi connectivity index (χ3n) is 5.46. The molecule has 0 unspecified atom stereocenters. The lowest BCUT2D eigenvalue weighted by Crippen LogP contribution is -1.97. The van der Waals surface area contributed by atoms with Gasteiger partial charge in [0.2, 0.25) is 11.8 Å². The zero-order valence-electron chi connectivity index (χ0n) is 18.9. The maximum atomic E-state index is 9.45. The number of hydrogen-bond acceptors (Lipinski definition) is 6. The molecule has 1 heterocycles. The Morgan fingerprint density at radius 3 is 1.34 bits per heavy atom. The second-order valence-electron chi connectivity index (χ2n) is 8.02. The second kappa shape index (κ2) is 9.57. The van der Waals surface area contributed by atoms with Crippen LogP contribution in [-0.4, -0.2) is 20.4 Å². The minimum Gasteiger partial charge on any atom is -0.508 e. The van der Waals surface area contributed by atoms with Gasteiger partial charge in [0.25, 0.3) is 0 Å². The Kier molecular flexibility index (Phi) is 6.01. The highest BCUT2D eigenvalue weighted by molar-refractivity contribution is 5.65. The number of aryl methyl sites for hydroxylation is 1. The Hall–Kier alpha value is -4.84. The standard InChI is InChI=1S/C29H22N2O4/c1-19-18-28(34-26-14-6-22(7-15-26)20-2-10-24(32)11-3-20)30-31-29(19)35-27-16-8-23(9-17-27)21-4-12-25(33)13-5-21/h2-18,32-33H,1H3. The van der Waals surface area contributed by atoms with Gasteiger partial charge >= 0.3 is 0 Å². The molecular formula is C29H22N2O4. The van der Waals surface area contributed by atoms with E-state index in [1.54, 1.807) is 30.3 Å². The van der Waals surface area contributed by atoms with Crippen LogP contribution in [0.2, 0.25) is 0 Å². The van der Waals surface area contributed by atoms with Gasteiger partial charge in [0, 0.05) is 11.6 Å². The summed E-state index contributed by atoms with van der Waals surface area (Å²) in [5.41, 5.74) is 4.82. The summed E-state index contributed by atoms with van der Waals surface area (Å²) in [5, 5.41) is 27.2. The summed E-state index contributed by atoms with van der Waals surface area (Å²) in [6, 6.07) is 31.1. The lowest BCUT2D eigenvalue weighted by atomic mass is 10.1. The average molecular weight is 463 g/mol. The molecule has 0 saturated heterocycles. The molecule has 0 radical (unpaired) electrons. The predicted octanol–water partition coefficient (Wildman–Crippen LogP) is 7.11. The highest BCUT2D eigenvalue weighted by Gasteiger charge is 2.09. The highest BCUT2D eigenvalue weighted by atomic mass is 16.5. The molecule has 0 spiro atoms. The van der Waals surface area contributed by atoms with Gasteiger partial charge in [0.15, 0.2) is 0 Å². The van der Waals surface area contributed by atoms with Crippen LogP contribution in [-0.2, 0) is 0 Å². The summed E-state index contributed by atoms with van der Waals surface area (Å²) >= 11 is 0. The van der Waals surface area contributed by atoms with Crippen molar-refractivity contribution in [2.75, 3.05) is 0 Å². The van der Waals surface area contributed by atoms with Crippen LogP contribution >= 0.6 is 0 Å². The minimum absolute atomic E-state index is 0.237. The van der Waals surface area contributed by atoms with Crippen LogP contribution in [0.25, 0.3) is 22.3 Å². The Morgan fingerprint density at radius 1 is 0.514 bits per heavy atom. The summed E-state index contributed by atoms with van der Waals surface area (Å²) in [7, 11) is 0. The highest BCUT2D eigenvalue weighted by Crippen LogP contribution is 2.30. The Morgan fingerprint density at radius 2 is 0.914 bits per heavy atom. The van der Waals surface area contributed by atoms with E-state index in [4.69, 9.17) is 9.47 Å². The van der Waals surface area contributed by atoms with E-state index in [0.717, 1.165) is 27.8 Å². The molecule has 172 valence electrons. The van der Waals surface area contributed by atoms with E-state index < -0.39 is 0 Å². The lowest BCUT2D eigenvalue weighted by molar-refractivity contribution is 0.423. The maximum absolute atomic E-state index is 9.45. The van der Waals surface area contributed by atoms with E-state index in [-0.39, 0.29) is 11.5 Å². The van der Waals surface area contributed by atoms with Crippen molar-refractivity contribution in [3.63, 3.8) is 0 Å². The van der Waals surface area contributed by atoms with Crippen LogP contribution < -0.4 is 9.47 Å². The Bertz CT molecular complexity index is 1430. The van der Waals surface area contributed by atoms with Crippen LogP contribution in [0.3, 0.4) is 0 Å². The molecule has 0 saturated carbocycles. The van der Waals surface area contributed by atoms with E-state index in [1.165, 1.54) is 0 Å². The first-order chi connectivity index (χ1) is 17.0. The van der Waals surface area contributed by atoms with Gasteiger partial charge < -0.3 is 19.7 Å². The van der Waals surface area contributed by atoms with Gasteiger partial charge in [-0.15, -0.1) is 10.2 Å². The van der Waals surface area contributed by atoms with E-state index in [1.807, 2.05) is 79.7 Å². The summed E-state index contributed by atoms with van der Waals surface area (Å²) in [4.78, 5) is 0. The largest absolute Gasteiger partial charge is 0.508 e. The van der Waals surface area contributed by atoms with Crippen LogP contribution in [0.5, 0.6) is 34.8 Å². The molecular weight excluding hydrogens is 440 g/mol. The van der Waals surface area contributed by atoms with Crippen molar-refractivity contribution in [3.8, 4) is 57.0 Å². The van der Waals surface area contributed by atoms with Crippen LogP contribution in [0.4, 0.5) is 0 Å². The van der Waals surface area contributed by atoms with E-state index >= 15 is 0 Å². The fourth-order valence-corrected chi connectivity index (χ4v) is 3.57. The SMILES string of the molecule is Cc1cc(Oc2ccc(-c3ccc(O)cc3)cc2)nnc1Oc1ccc(-c2ccc(O)cc2)cc1. The zero-order valence-corrected chi connectivity index (χ0v) is 18.9. The third-order valence-corrected chi connectivity index (χ3v) is 5.46. The molecule has 0 bridgehead atoms. The van der Waals surface area contributed by atoms with Gasteiger partial charge in [-0.25, -0.2) is 0 Å². The Balaban J connectivity index is 1.24. The fraction of sp³-hybridized carbons (Fsp3) is 0.0345. The molecule has 5 aromatic rings. The number of rotatable bonds is 6. The van der Waals surface area contributed by atoms with Gasteiger partial charge in [-0.3, -0.25) is 0 Å². The first kappa shape index (κ1) is 22.0. The summed E-state index contributed by atoms with van der Waals surface area (Å²) in [5.74, 6) is 2.53. The number of nitrogens with zero attached hydrogens (tertiary/aromatic N) is 2. The molecule has 6 nitrogen and oxygen atoms in total. The molecule has 0 aliphatic carbocycles.